The van der Waals surface area contributed by atoms with Crippen LogP contribution in [0.15, 0.2) is 12.4 Å². The van der Waals surface area contributed by atoms with Crippen LogP contribution in [0, 0.1) is 11.8 Å². The Morgan fingerprint density at radius 3 is 1.96 bits per heavy atom. The minimum atomic E-state index is 0.418. The smallest absolute Gasteiger partial charge is 0.130 e. The summed E-state index contributed by atoms with van der Waals surface area (Å²) in [6.45, 7) is 11.6. The van der Waals surface area contributed by atoms with E-state index in [9.17, 15) is 0 Å². The van der Waals surface area contributed by atoms with E-state index in [1.807, 2.05) is 0 Å². The van der Waals surface area contributed by atoms with Crippen molar-refractivity contribution < 1.29 is 0 Å². The van der Waals surface area contributed by atoms with Gasteiger partial charge in [-0.05, 0) is 74.9 Å². The molecule has 0 bridgehead atoms. The Balaban J connectivity index is 1.49. The summed E-state index contributed by atoms with van der Waals surface area (Å²) in [4.78, 5) is 11.9. The van der Waals surface area contributed by atoms with E-state index in [1.165, 1.54) is 57.2 Å². The monoisotopic (exact) mass is 329 g/mol. The number of likely N-dealkylation sites (tertiary alicyclic amines) is 1. The van der Waals surface area contributed by atoms with E-state index in [-0.39, 0.29) is 0 Å². The largest absolute Gasteiger partial charge is 0.300 e. The highest BCUT2D eigenvalue weighted by Gasteiger charge is 2.30. The molecule has 0 spiro atoms. The van der Waals surface area contributed by atoms with Crippen LogP contribution in [0.5, 0.6) is 0 Å². The molecule has 1 aliphatic carbocycles. The number of nitrogens with zero attached hydrogens (tertiary/aromatic N) is 3. The van der Waals surface area contributed by atoms with E-state index in [1.54, 1.807) is 0 Å². The summed E-state index contributed by atoms with van der Waals surface area (Å²) in [5.41, 5.74) is 1.35. The molecule has 0 N–H and O–H groups in total. The van der Waals surface area contributed by atoms with E-state index < -0.39 is 0 Å². The quantitative estimate of drug-likeness (QED) is 0.779. The first-order valence-corrected chi connectivity index (χ1v) is 10.1. The molecule has 1 saturated heterocycles. The number of hydrogen-bond donors (Lipinski definition) is 0. The molecule has 0 atom stereocenters. The second kappa shape index (κ2) is 7.95. The van der Waals surface area contributed by atoms with Gasteiger partial charge in [-0.25, -0.2) is 9.97 Å². The predicted molar refractivity (Wildman–Crippen MR) is 100 cm³/mol. The van der Waals surface area contributed by atoms with Crippen molar-refractivity contribution in [1.29, 1.82) is 0 Å². The molecule has 24 heavy (non-hydrogen) atoms. The van der Waals surface area contributed by atoms with Crippen LogP contribution in [0.3, 0.4) is 0 Å². The topological polar surface area (TPSA) is 29.0 Å². The molecule has 0 amide bonds. The van der Waals surface area contributed by atoms with Gasteiger partial charge in [0, 0.05) is 24.4 Å². The van der Waals surface area contributed by atoms with Crippen molar-refractivity contribution in [2.45, 2.75) is 84.1 Å². The number of piperidine rings is 1. The molecule has 3 nitrogen and oxygen atoms in total. The van der Waals surface area contributed by atoms with Crippen molar-refractivity contribution >= 4 is 0 Å². The second-order valence-electron chi connectivity index (χ2n) is 8.65. The molecule has 1 aliphatic heterocycles. The Morgan fingerprint density at radius 2 is 1.46 bits per heavy atom. The van der Waals surface area contributed by atoms with Gasteiger partial charge in [-0.3, -0.25) is 0 Å². The average Bonchev–Trinajstić information content (AvgIpc) is 2.62. The fraction of sp³-hybridized carbons (Fsp3) is 0.810. The lowest BCUT2D eigenvalue weighted by atomic mass is 9.78. The SMILES string of the molecule is CC(C)c1ncc(C2CCN([C@H]3CC[C@@H](C(C)C)CC3)CC2)cn1. The Morgan fingerprint density at radius 1 is 0.875 bits per heavy atom. The Hall–Kier alpha value is -0.960. The van der Waals surface area contributed by atoms with Crippen LogP contribution in [0.2, 0.25) is 0 Å². The first-order valence-electron chi connectivity index (χ1n) is 10.1. The van der Waals surface area contributed by atoms with Crippen molar-refractivity contribution in [1.82, 2.24) is 14.9 Å². The van der Waals surface area contributed by atoms with Crippen LogP contribution in [0.1, 0.15) is 89.4 Å². The van der Waals surface area contributed by atoms with E-state index in [0.29, 0.717) is 11.8 Å². The summed E-state index contributed by atoms with van der Waals surface area (Å²) < 4.78 is 0. The van der Waals surface area contributed by atoms with Crippen molar-refractivity contribution in [2.75, 3.05) is 13.1 Å². The zero-order valence-corrected chi connectivity index (χ0v) is 16.0. The zero-order valence-electron chi connectivity index (χ0n) is 16.0. The normalized spacial score (nSPS) is 27.1. The maximum Gasteiger partial charge on any atom is 0.130 e. The highest BCUT2D eigenvalue weighted by molar-refractivity contribution is 5.14. The van der Waals surface area contributed by atoms with Crippen LogP contribution in [-0.4, -0.2) is 34.0 Å². The molecule has 2 fully saturated rings. The van der Waals surface area contributed by atoms with Crippen LogP contribution >= 0.6 is 0 Å². The van der Waals surface area contributed by atoms with Gasteiger partial charge in [0.1, 0.15) is 5.82 Å². The van der Waals surface area contributed by atoms with Crippen LogP contribution < -0.4 is 0 Å². The summed E-state index contributed by atoms with van der Waals surface area (Å²) in [5.74, 6) is 3.88. The lowest BCUT2D eigenvalue weighted by Gasteiger charge is -2.41. The summed E-state index contributed by atoms with van der Waals surface area (Å²) >= 11 is 0. The molecule has 1 aromatic heterocycles. The number of rotatable bonds is 4. The van der Waals surface area contributed by atoms with Gasteiger partial charge in [0.05, 0.1) is 0 Å². The van der Waals surface area contributed by atoms with Gasteiger partial charge in [0.25, 0.3) is 0 Å². The second-order valence-corrected chi connectivity index (χ2v) is 8.65. The minimum Gasteiger partial charge on any atom is -0.300 e. The lowest BCUT2D eigenvalue weighted by molar-refractivity contribution is 0.0981. The highest BCUT2D eigenvalue weighted by atomic mass is 15.2. The van der Waals surface area contributed by atoms with Gasteiger partial charge in [0.2, 0.25) is 0 Å². The predicted octanol–water partition coefficient (Wildman–Crippen LogP) is 4.99. The third-order valence-corrected chi connectivity index (χ3v) is 6.41. The van der Waals surface area contributed by atoms with E-state index >= 15 is 0 Å². The standard InChI is InChI=1S/C21H35N3/c1-15(2)17-5-7-20(8-6-17)24-11-9-18(10-12-24)19-13-22-21(16(3)4)23-14-19/h13-18,20H,5-12H2,1-4H3/t17-,20+. The Bertz CT molecular complexity index is 492. The average molecular weight is 330 g/mol. The lowest BCUT2D eigenvalue weighted by Crippen LogP contribution is -2.43. The van der Waals surface area contributed by atoms with Gasteiger partial charge in [-0.2, -0.15) is 0 Å². The summed E-state index contributed by atoms with van der Waals surface area (Å²) in [5, 5.41) is 0. The molecule has 1 aromatic rings. The molecule has 3 rings (SSSR count). The molecule has 1 saturated carbocycles. The van der Waals surface area contributed by atoms with E-state index in [0.717, 1.165) is 23.7 Å². The molecular weight excluding hydrogens is 294 g/mol. The zero-order chi connectivity index (χ0) is 17.1. The molecular formula is C21H35N3. The molecule has 2 aliphatic rings. The van der Waals surface area contributed by atoms with Gasteiger partial charge in [-0.1, -0.05) is 27.7 Å². The summed E-state index contributed by atoms with van der Waals surface area (Å²) in [6.07, 6.45) is 12.4. The van der Waals surface area contributed by atoms with Gasteiger partial charge in [-0.15, -0.1) is 0 Å². The van der Waals surface area contributed by atoms with Crippen LogP contribution in [0.25, 0.3) is 0 Å². The fourth-order valence-corrected chi connectivity index (χ4v) is 4.59. The minimum absolute atomic E-state index is 0.418. The Labute approximate surface area is 148 Å². The van der Waals surface area contributed by atoms with Crippen molar-refractivity contribution in [3.63, 3.8) is 0 Å². The molecule has 0 aromatic carbocycles. The third-order valence-electron chi connectivity index (χ3n) is 6.41. The molecule has 134 valence electrons. The molecule has 0 unspecified atom stereocenters. The summed E-state index contributed by atoms with van der Waals surface area (Å²) in [7, 11) is 0. The summed E-state index contributed by atoms with van der Waals surface area (Å²) in [6, 6.07) is 0.848. The van der Waals surface area contributed by atoms with Crippen molar-refractivity contribution in [3.8, 4) is 0 Å². The van der Waals surface area contributed by atoms with E-state index in [2.05, 4.69) is 55.0 Å². The van der Waals surface area contributed by atoms with Gasteiger partial charge >= 0.3 is 0 Å². The van der Waals surface area contributed by atoms with E-state index in [4.69, 9.17) is 0 Å². The Kier molecular flexibility index (Phi) is 5.91. The fourth-order valence-electron chi connectivity index (χ4n) is 4.59. The molecule has 3 heteroatoms. The first kappa shape index (κ1) is 17.8. The molecule has 0 radical (unpaired) electrons. The van der Waals surface area contributed by atoms with Crippen molar-refractivity contribution in [3.05, 3.63) is 23.8 Å². The van der Waals surface area contributed by atoms with Crippen LogP contribution in [0.4, 0.5) is 0 Å². The highest BCUT2D eigenvalue weighted by Crippen LogP contribution is 2.35. The third kappa shape index (κ3) is 4.17. The maximum atomic E-state index is 4.56. The molecule has 2 heterocycles. The van der Waals surface area contributed by atoms with Crippen LogP contribution in [-0.2, 0) is 0 Å². The maximum absolute atomic E-state index is 4.56. The number of hydrogen-bond acceptors (Lipinski definition) is 3. The van der Waals surface area contributed by atoms with Crippen molar-refractivity contribution in [2.24, 2.45) is 11.8 Å². The number of aromatic nitrogens is 2. The van der Waals surface area contributed by atoms with Gasteiger partial charge in [0.15, 0.2) is 0 Å². The first-order chi connectivity index (χ1) is 11.5. The van der Waals surface area contributed by atoms with Gasteiger partial charge < -0.3 is 4.90 Å².